The van der Waals surface area contributed by atoms with Crippen molar-refractivity contribution in [3.8, 4) is 6.07 Å². The summed E-state index contributed by atoms with van der Waals surface area (Å²) in [5.41, 5.74) is 7.47. The maximum Gasteiger partial charge on any atom is 0.220 e. The van der Waals surface area contributed by atoms with Gasteiger partial charge < -0.3 is 4.90 Å². The molecule has 0 saturated carbocycles. The molecule has 2 heterocycles. The molecule has 5 nitrogen and oxygen atoms in total. The molecule has 0 radical (unpaired) electrons. The summed E-state index contributed by atoms with van der Waals surface area (Å²) in [5.74, 6) is -1.28. The van der Waals surface area contributed by atoms with Crippen molar-refractivity contribution in [2.24, 2.45) is 0 Å². The minimum atomic E-state index is -0.623. The molecule has 2 aliphatic rings. The number of nitrogens with one attached hydrogen (secondary N) is 1. The zero-order valence-electron chi connectivity index (χ0n) is 15.7. The SMILES string of the molecule is CC(=O)N1CC=C2C(=C(c3cccc(C#N)c3)NN2Cc2ccc(F)cc2F)C1. The minimum absolute atomic E-state index is 0.0408. The van der Waals surface area contributed by atoms with Crippen molar-refractivity contribution in [3.05, 3.63) is 88.1 Å². The molecule has 2 aliphatic heterocycles. The summed E-state index contributed by atoms with van der Waals surface area (Å²) in [7, 11) is 0. The highest BCUT2D eigenvalue weighted by atomic mass is 19.1. The van der Waals surface area contributed by atoms with E-state index in [1.54, 1.807) is 28.1 Å². The number of hydrogen-bond acceptors (Lipinski definition) is 4. The average Bonchev–Trinajstić information content (AvgIpc) is 3.08. The Morgan fingerprint density at radius 1 is 1.24 bits per heavy atom. The number of carbonyl (C=O) groups excluding carboxylic acids is 1. The molecule has 1 amide bonds. The number of benzene rings is 2. The van der Waals surface area contributed by atoms with Crippen LogP contribution in [0.3, 0.4) is 0 Å². The second-order valence-electron chi connectivity index (χ2n) is 6.97. The van der Waals surface area contributed by atoms with Crippen LogP contribution in [0.25, 0.3) is 5.70 Å². The highest BCUT2D eigenvalue weighted by molar-refractivity contribution is 5.79. The zero-order valence-corrected chi connectivity index (χ0v) is 15.7. The average molecular weight is 392 g/mol. The number of rotatable bonds is 3. The van der Waals surface area contributed by atoms with Crippen molar-refractivity contribution >= 4 is 11.6 Å². The fraction of sp³-hybridized carbons (Fsp3) is 0.182. The third-order valence-corrected chi connectivity index (χ3v) is 5.07. The molecule has 146 valence electrons. The second kappa shape index (κ2) is 7.40. The summed E-state index contributed by atoms with van der Waals surface area (Å²) in [4.78, 5) is 13.6. The van der Waals surface area contributed by atoms with Gasteiger partial charge in [-0.1, -0.05) is 18.2 Å². The van der Waals surface area contributed by atoms with E-state index in [-0.39, 0.29) is 12.5 Å². The Labute approximate surface area is 167 Å². The van der Waals surface area contributed by atoms with Crippen LogP contribution in [0.4, 0.5) is 8.78 Å². The number of hydrogen-bond donors (Lipinski definition) is 1. The number of nitriles is 1. The van der Waals surface area contributed by atoms with Crippen molar-refractivity contribution in [1.29, 1.82) is 5.26 Å². The maximum atomic E-state index is 14.2. The van der Waals surface area contributed by atoms with E-state index >= 15 is 0 Å². The van der Waals surface area contributed by atoms with Gasteiger partial charge in [-0.3, -0.25) is 15.2 Å². The molecule has 29 heavy (non-hydrogen) atoms. The first-order valence-corrected chi connectivity index (χ1v) is 9.14. The Balaban J connectivity index is 1.72. The van der Waals surface area contributed by atoms with Gasteiger partial charge in [0.25, 0.3) is 0 Å². The van der Waals surface area contributed by atoms with E-state index in [2.05, 4.69) is 11.5 Å². The predicted octanol–water partition coefficient (Wildman–Crippen LogP) is 3.31. The van der Waals surface area contributed by atoms with Crippen LogP contribution in [0.5, 0.6) is 0 Å². The first-order chi connectivity index (χ1) is 14.0. The number of amides is 1. The van der Waals surface area contributed by atoms with Gasteiger partial charge >= 0.3 is 0 Å². The lowest BCUT2D eigenvalue weighted by Gasteiger charge is -2.29. The molecule has 0 aromatic heterocycles. The Hall–Kier alpha value is -3.66. The summed E-state index contributed by atoms with van der Waals surface area (Å²) in [5, 5.41) is 11.0. The largest absolute Gasteiger partial charge is 0.335 e. The van der Waals surface area contributed by atoms with E-state index in [0.717, 1.165) is 28.6 Å². The lowest BCUT2D eigenvalue weighted by Crippen LogP contribution is -2.36. The summed E-state index contributed by atoms with van der Waals surface area (Å²) < 4.78 is 27.4. The Bertz CT molecular complexity index is 1100. The minimum Gasteiger partial charge on any atom is -0.335 e. The number of fused-ring (bicyclic) bond motifs is 1. The summed E-state index contributed by atoms with van der Waals surface area (Å²) in [6, 6.07) is 12.8. The summed E-state index contributed by atoms with van der Waals surface area (Å²) >= 11 is 0. The van der Waals surface area contributed by atoms with Crippen LogP contribution in [-0.2, 0) is 11.3 Å². The van der Waals surface area contributed by atoms with Gasteiger partial charge in [0.15, 0.2) is 0 Å². The van der Waals surface area contributed by atoms with E-state index in [0.29, 0.717) is 24.2 Å². The fourth-order valence-corrected chi connectivity index (χ4v) is 3.57. The zero-order chi connectivity index (χ0) is 20.5. The molecule has 7 heteroatoms. The lowest BCUT2D eigenvalue weighted by atomic mass is 10.0. The molecule has 0 unspecified atom stereocenters. The first-order valence-electron chi connectivity index (χ1n) is 9.14. The second-order valence-corrected chi connectivity index (χ2v) is 6.97. The third kappa shape index (κ3) is 3.57. The Morgan fingerprint density at radius 3 is 2.79 bits per heavy atom. The van der Waals surface area contributed by atoms with Crippen LogP contribution in [0.1, 0.15) is 23.6 Å². The van der Waals surface area contributed by atoms with Gasteiger partial charge in [0.2, 0.25) is 5.91 Å². The molecule has 1 N–H and O–H groups in total. The third-order valence-electron chi connectivity index (χ3n) is 5.07. The van der Waals surface area contributed by atoms with E-state index in [4.69, 9.17) is 0 Å². The highest BCUT2D eigenvalue weighted by Gasteiger charge is 2.32. The molecular weight excluding hydrogens is 374 g/mol. The van der Waals surface area contributed by atoms with Crippen LogP contribution < -0.4 is 5.43 Å². The van der Waals surface area contributed by atoms with Gasteiger partial charge in [0, 0.05) is 36.2 Å². The Morgan fingerprint density at radius 2 is 2.07 bits per heavy atom. The van der Waals surface area contributed by atoms with Crippen molar-refractivity contribution in [1.82, 2.24) is 15.3 Å². The quantitative estimate of drug-likeness (QED) is 0.871. The molecule has 2 aromatic carbocycles. The number of nitrogens with zero attached hydrogens (tertiary/aromatic N) is 3. The molecule has 0 aliphatic carbocycles. The molecule has 0 spiro atoms. The van der Waals surface area contributed by atoms with Gasteiger partial charge in [-0.05, 0) is 24.3 Å². The molecule has 0 atom stereocenters. The monoisotopic (exact) mass is 392 g/mol. The molecule has 4 rings (SSSR count). The summed E-state index contributed by atoms with van der Waals surface area (Å²) in [6.45, 7) is 2.55. The highest BCUT2D eigenvalue weighted by Crippen LogP contribution is 2.35. The van der Waals surface area contributed by atoms with Crippen molar-refractivity contribution in [2.75, 3.05) is 13.1 Å². The van der Waals surface area contributed by atoms with E-state index in [1.807, 2.05) is 12.1 Å². The van der Waals surface area contributed by atoms with Crippen LogP contribution in [0.15, 0.2) is 59.8 Å². The maximum absolute atomic E-state index is 14.2. The first kappa shape index (κ1) is 18.7. The van der Waals surface area contributed by atoms with Crippen LogP contribution in [0, 0.1) is 23.0 Å². The standard InChI is InChI=1S/C22H18F2N4O/c1-14(29)27-8-7-21-19(13-27)22(16-4-2-3-15(9-16)11-25)26-28(21)12-17-5-6-18(23)10-20(17)24/h2-7,9-10,26H,8,12-13H2,1H3. The molecule has 0 saturated heterocycles. The number of carbonyl (C=O) groups is 1. The summed E-state index contributed by atoms with van der Waals surface area (Å²) in [6.07, 6.45) is 1.91. The number of hydrazine groups is 1. The van der Waals surface area contributed by atoms with Gasteiger partial charge in [-0.2, -0.15) is 5.26 Å². The smallest absolute Gasteiger partial charge is 0.220 e. The normalized spacial score (nSPS) is 15.6. The lowest BCUT2D eigenvalue weighted by molar-refractivity contribution is -0.128. The van der Waals surface area contributed by atoms with E-state index < -0.39 is 11.6 Å². The fourth-order valence-electron chi connectivity index (χ4n) is 3.57. The van der Waals surface area contributed by atoms with Crippen molar-refractivity contribution in [3.63, 3.8) is 0 Å². The molecule has 0 fully saturated rings. The van der Waals surface area contributed by atoms with Crippen molar-refractivity contribution in [2.45, 2.75) is 13.5 Å². The molecule has 0 bridgehead atoms. The van der Waals surface area contributed by atoms with E-state index in [9.17, 15) is 18.8 Å². The number of halogens is 2. The van der Waals surface area contributed by atoms with E-state index in [1.165, 1.54) is 19.1 Å². The molecular formula is C22H18F2N4O. The molecule has 2 aromatic rings. The van der Waals surface area contributed by atoms with Crippen LogP contribution in [0.2, 0.25) is 0 Å². The van der Waals surface area contributed by atoms with Gasteiger partial charge in [0.05, 0.1) is 36.1 Å². The topological polar surface area (TPSA) is 59.4 Å². The van der Waals surface area contributed by atoms with Gasteiger partial charge in [-0.25, -0.2) is 8.78 Å². The Kier molecular flexibility index (Phi) is 4.77. The van der Waals surface area contributed by atoms with Crippen molar-refractivity contribution < 1.29 is 13.6 Å². The predicted molar refractivity (Wildman–Crippen MR) is 103 cm³/mol. The van der Waals surface area contributed by atoms with Crippen LogP contribution in [-0.4, -0.2) is 28.9 Å². The van der Waals surface area contributed by atoms with Crippen LogP contribution >= 0.6 is 0 Å². The van der Waals surface area contributed by atoms with Gasteiger partial charge in [-0.15, -0.1) is 0 Å². The van der Waals surface area contributed by atoms with Gasteiger partial charge in [0.1, 0.15) is 11.6 Å².